The molecule has 0 unspecified atom stereocenters. The summed E-state index contributed by atoms with van der Waals surface area (Å²) < 4.78 is 39.9. The maximum atomic E-state index is 12.9. The Morgan fingerprint density at radius 1 is 0.960 bits per heavy atom. The van der Waals surface area contributed by atoms with E-state index in [1.165, 1.54) is 44.0 Å². The van der Waals surface area contributed by atoms with Crippen LogP contribution in [0.2, 0.25) is 0 Å². The Hall–Kier alpha value is -2.15. The smallest absolute Gasteiger partial charge is 0.261 e. The number of pyridine rings is 1. The molecule has 25 heavy (non-hydrogen) atoms. The summed E-state index contributed by atoms with van der Waals surface area (Å²) in [5.41, 5.74) is 0.371. The third kappa shape index (κ3) is 4.92. The van der Waals surface area contributed by atoms with Gasteiger partial charge >= 0.3 is 0 Å². The van der Waals surface area contributed by atoms with Crippen molar-refractivity contribution in [1.29, 1.82) is 0 Å². The molecule has 0 aliphatic heterocycles. The molecular weight excluding hydrogens is 341 g/mol. The second-order valence-electron chi connectivity index (χ2n) is 6.32. The third-order valence-electron chi connectivity index (χ3n) is 4.35. The second-order valence-corrected chi connectivity index (χ2v) is 8.01. The van der Waals surface area contributed by atoms with Crippen LogP contribution in [0.15, 0.2) is 47.5 Å². The zero-order valence-electron chi connectivity index (χ0n) is 13.9. The summed E-state index contributed by atoms with van der Waals surface area (Å²) in [7, 11) is -3.75. The lowest BCUT2D eigenvalue weighted by molar-refractivity contribution is 0.599. The van der Waals surface area contributed by atoms with E-state index in [1.807, 2.05) is 0 Å². The van der Waals surface area contributed by atoms with E-state index in [0.29, 0.717) is 11.7 Å². The Bertz CT molecular complexity index is 784. The highest BCUT2D eigenvalue weighted by Crippen LogP contribution is 2.21. The lowest BCUT2D eigenvalue weighted by Gasteiger charge is -2.17. The van der Waals surface area contributed by atoms with Gasteiger partial charge in [-0.2, -0.15) is 0 Å². The van der Waals surface area contributed by atoms with Crippen molar-refractivity contribution in [1.82, 2.24) is 4.98 Å². The number of nitrogens with zero attached hydrogens (tertiary/aromatic N) is 1. The summed E-state index contributed by atoms with van der Waals surface area (Å²) in [5.74, 6) is 0.270. The molecule has 0 amide bonds. The standard InChI is InChI=1S/C18H22FN3O2S/c19-14-7-10-17(11-8-14)25(23,24)22-16-9-12-18(20-13-16)21-15-5-3-1-2-4-6-15/h7-13,15,22H,1-6H2,(H,20,21). The van der Waals surface area contributed by atoms with Crippen LogP contribution in [0.4, 0.5) is 15.9 Å². The lowest BCUT2D eigenvalue weighted by Crippen LogP contribution is -2.19. The highest BCUT2D eigenvalue weighted by molar-refractivity contribution is 7.92. The van der Waals surface area contributed by atoms with Gasteiger partial charge in [-0.05, 0) is 49.2 Å². The number of nitrogens with one attached hydrogen (secondary N) is 2. The van der Waals surface area contributed by atoms with Crippen LogP contribution < -0.4 is 10.0 Å². The third-order valence-corrected chi connectivity index (χ3v) is 5.74. The van der Waals surface area contributed by atoms with Gasteiger partial charge in [0.05, 0.1) is 16.8 Å². The van der Waals surface area contributed by atoms with Crippen LogP contribution in [0.25, 0.3) is 0 Å². The van der Waals surface area contributed by atoms with Gasteiger partial charge in [0.1, 0.15) is 11.6 Å². The topological polar surface area (TPSA) is 71.1 Å². The summed E-state index contributed by atoms with van der Waals surface area (Å²) in [5, 5.41) is 3.42. The number of sulfonamides is 1. The molecule has 2 aromatic rings. The molecular formula is C18H22FN3O2S. The van der Waals surface area contributed by atoms with Gasteiger partial charge in [0.2, 0.25) is 0 Å². The molecule has 1 aliphatic rings. The Labute approximate surface area is 147 Å². The lowest BCUT2D eigenvalue weighted by atomic mass is 10.1. The van der Waals surface area contributed by atoms with Gasteiger partial charge < -0.3 is 5.32 Å². The van der Waals surface area contributed by atoms with Gasteiger partial charge in [-0.1, -0.05) is 25.7 Å². The molecule has 1 aromatic carbocycles. The van der Waals surface area contributed by atoms with Gasteiger partial charge in [-0.3, -0.25) is 4.72 Å². The Morgan fingerprint density at radius 3 is 2.24 bits per heavy atom. The van der Waals surface area contributed by atoms with Crippen molar-refractivity contribution in [3.8, 4) is 0 Å². The van der Waals surface area contributed by atoms with Crippen LogP contribution in [-0.2, 0) is 10.0 Å². The zero-order chi connectivity index (χ0) is 17.7. The molecule has 134 valence electrons. The molecule has 3 rings (SSSR count). The SMILES string of the molecule is O=S(=O)(Nc1ccc(NC2CCCCCC2)nc1)c1ccc(F)cc1. The molecule has 0 spiro atoms. The number of anilines is 2. The first-order valence-corrected chi connectivity index (χ1v) is 10.0. The van der Waals surface area contributed by atoms with E-state index >= 15 is 0 Å². The summed E-state index contributed by atoms with van der Waals surface area (Å²) in [4.78, 5) is 4.31. The van der Waals surface area contributed by atoms with Crippen molar-refractivity contribution in [2.75, 3.05) is 10.0 Å². The monoisotopic (exact) mass is 363 g/mol. The average Bonchev–Trinajstić information content (AvgIpc) is 2.85. The molecule has 2 N–H and O–H groups in total. The number of halogens is 1. The quantitative estimate of drug-likeness (QED) is 0.783. The summed E-state index contributed by atoms with van der Waals surface area (Å²) in [6.45, 7) is 0. The van der Waals surface area contributed by atoms with E-state index in [-0.39, 0.29) is 4.90 Å². The van der Waals surface area contributed by atoms with Gasteiger partial charge in [0, 0.05) is 6.04 Å². The first kappa shape index (κ1) is 17.7. The maximum Gasteiger partial charge on any atom is 0.261 e. The Morgan fingerprint density at radius 2 is 1.64 bits per heavy atom. The van der Waals surface area contributed by atoms with E-state index in [4.69, 9.17) is 0 Å². The average molecular weight is 363 g/mol. The van der Waals surface area contributed by atoms with E-state index < -0.39 is 15.8 Å². The highest BCUT2D eigenvalue weighted by atomic mass is 32.2. The predicted octanol–water partition coefficient (Wildman–Crippen LogP) is 4.16. The van der Waals surface area contributed by atoms with Crippen molar-refractivity contribution in [3.05, 3.63) is 48.4 Å². The van der Waals surface area contributed by atoms with Gasteiger partial charge in [0.15, 0.2) is 0 Å². The maximum absolute atomic E-state index is 12.9. The number of benzene rings is 1. The molecule has 1 fully saturated rings. The minimum Gasteiger partial charge on any atom is -0.367 e. The van der Waals surface area contributed by atoms with E-state index in [9.17, 15) is 12.8 Å². The molecule has 1 aliphatic carbocycles. The summed E-state index contributed by atoms with van der Waals surface area (Å²) >= 11 is 0. The second kappa shape index (κ2) is 7.82. The predicted molar refractivity (Wildman–Crippen MR) is 96.6 cm³/mol. The van der Waals surface area contributed by atoms with Crippen LogP contribution >= 0.6 is 0 Å². The minimum atomic E-state index is -3.75. The van der Waals surface area contributed by atoms with E-state index in [1.54, 1.807) is 12.1 Å². The Kier molecular flexibility index (Phi) is 5.53. The zero-order valence-corrected chi connectivity index (χ0v) is 14.7. The van der Waals surface area contributed by atoms with Crippen LogP contribution in [0, 0.1) is 5.82 Å². The first-order chi connectivity index (χ1) is 12.0. The van der Waals surface area contributed by atoms with Crippen LogP contribution in [0.5, 0.6) is 0 Å². The molecule has 1 heterocycles. The summed E-state index contributed by atoms with van der Waals surface area (Å²) in [6.07, 6.45) is 8.80. The molecule has 7 heteroatoms. The van der Waals surface area contributed by atoms with Crippen molar-refractivity contribution in [2.24, 2.45) is 0 Å². The van der Waals surface area contributed by atoms with Crippen molar-refractivity contribution >= 4 is 21.5 Å². The molecule has 0 atom stereocenters. The highest BCUT2D eigenvalue weighted by Gasteiger charge is 2.15. The van der Waals surface area contributed by atoms with E-state index in [0.717, 1.165) is 30.8 Å². The summed E-state index contributed by atoms with van der Waals surface area (Å²) in [6, 6.07) is 8.57. The van der Waals surface area contributed by atoms with Crippen LogP contribution in [0.3, 0.4) is 0 Å². The molecule has 0 radical (unpaired) electrons. The number of aromatic nitrogens is 1. The number of hydrogen-bond acceptors (Lipinski definition) is 4. The number of rotatable bonds is 5. The van der Waals surface area contributed by atoms with Crippen molar-refractivity contribution < 1.29 is 12.8 Å². The number of hydrogen-bond donors (Lipinski definition) is 2. The molecule has 0 saturated heterocycles. The van der Waals surface area contributed by atoms with Crippen LogP contribution in [0.1, 0.15) is 38.5 Å². The Balaban J connectivity index is 1.64. The molecule has 0 bridgehead atoms. The van der Waals surface area contributed by atoms with E-state index in [2.05, 4.69) is 15.0 Å². The van der Waals surface area contributed by atoms with Crippen molar-refractivity contribution in [3.63, 3.8) is 0 Å². The fraction of sp³-hybridized carbons (Fsp3) is 0.389. The molecule has 5 nitrogen and oxygen atoms in total. The normalized spacial score (nSPS) is 16.2. The van der Waals surface area contributed by atoms with Crippen molar-refractivity contribution in [2.45, 2.75) is 49.5 Å². The molecule has 1 aromatic heterocycles. The first-order valence-electron chi connectivity index (χ1n) is 8.54. The minimum absolute atomic E-state index is 0.00885. The largest absolute Gasteiger partial charge is 0.367 e. The van der Waals surface area contributed by atoms with Gasteiger partial charge in [-0.15, -0.1) is 0 Å². The fourth-order valence-electron chi connectivity index (χ4n) is 3.00. The molecule has 1 saturated carbocycles. The van der Waals surface area contributed by atoms with Gasteiger partial charge in [-0.25, -0.2) is 17.8 Å². The fourth-order valence-corrected chi connectivity index (χ4v) is 4.04. The van der Waals surface area contributed by atoms with Gasteiger partial charge in [0.25, 0.3) is 10.0 Å². The van der Waals surface area contributed by atoms with Crippen LogP contribution in [-0.4, -0.2) is 19.4 Å².